The van der Waals surface area contributed by atoms with E-state index in [0.29, 0.717) is 16.8 Å². The Balaban J connectivity index is 1.33. The molecule has 1 fully saturated rings. The topological polar surface area (TPSA) is 77.6 Å². The fraction of sp³-hybridized carbons (Fsp3) is 0.500. The monoisotopic (exact) mass is 452 g/mol. The minimum absolute atomic E-state index is 0.0211. The number of aromatic nitrogens is 5. The lowest BCUT2D eigenvalue weighted by molar-refractivity contribution is -0.121. The zero-order valence-electron chi connectivity index (χ0n) is 18.8. The molecule has 3 aromatic heterocycles. The van der Waals surface area contributed by atoms with Gasteiger partial charge in [0.1, 0.15) is 5.82 Å². The molecule has 1 aliphatic heterocycles. The number of amides is 1. The second kappa shape index (κ2) is 8.03. The summed E-state index contributed by atoms with van der Waals surface area (Å²) in [6, 6.07) is 3.94. The molecule has 4 heterocycles. The van der Waals surface area contributed by atoms with Crippen molar-refractivity contribution in [2.45, 2.75) is 58.4 Å². The third-order valence-electron chi connectivity index (χ3n) is 6.77. The fourth-order valence-electron chi connectivity index (χ4n) is 5.16. The van der Waals surface area contributed by atoms with E-state index in [0.717, 1.165) is 55.5 Å². The maximum Gasteiger partial charge on any atom is 0.228 e. The number of aryl methyl sites for hydroxylation is 1. The van der Waals surface area contributed by atoms with E-state index in [1.54, 1.807) is 6.20 Å². The van der Waals surface area contributed by atoms with Crippen molar-refractivity contribution in [1.82, 2.24) is 24.5 Å². The zero-order valence-corrected chi connectivity index (χ0v) is 19.6. The van der Waals surface area contributed by atoms with Crippen molar-refractivity contribution < 1.29 is 4.79 Å². The summed E-state index contributed by atoms with van der Waals surface area (Å²) in [5, 5.41) is 12.7. The number of carbonyl (C=O) groups excluding carboxylic acids is 1. The van der Waals surface area contributed by atoms with Gasteiger partial charge in [-0.25, -0.2) is 4.98 Å². The minimum atomic E-state index is -0.0436. The second-order valence-corrected chi connectivity index (χ2v) is 10.4. The average Bonchev–Trinajstić information content (AvgIpc) is 3.43. The lowest BCUT2D eigenvalue weighted by Crippen LogP contribution is -2.28. The molecule has 1 N–H and O–H groups in total. The lowest BCUT2D eigenvalue weighted by Gasteiger charge is -2.27. The Morgan fingerprint density at radius 1 is 1.25 bits per heavy atom. The van der Waals surface area contributed by atoms with Crippen molar-refractivity contribution in [2.24, 2.45) is 18.4 Å². The largest absolute Gasteiger partial charge is 0.310 e. The summed E-state index contributed by atoms with van der Waals surface area (Å²) < 4.78 is 3.89. The summed E-state index contributed by atoms with van der Waals surface area (Å²) >= 11 is 6.51. The Labute approximate surface area is 193 Å². The highest BCUT2D eigenvalue weighted by Crippen LogP contribution is 2.40. The molecule has 1 aliphatic carbocycles. The Bertz CT molecular complexity index is 1160. The first-order valence-corrected chi connectivity index (χ1v) is 11.7. The maximum absolute atomic E-state index is 13.1. The third kappa shape index (κ3) is 4.06. The van der Waals surface area contributed by atoms with E-state index in [2.05, 4.69) is 45.1 Å². The van der Waals surface area contributed by atoms with Gasteiger partial charge in [0, 0.05) is 54.6 Å². The molecule has 32 heavy (non-hydrogen) atoms. The number of nitrogens with one attached hydrogen (secondary N) is 1. The number of hydrogen-bond acceptors (Lipinski definition) is 4. The molecule has 0 bridgehead atoms. The summed E-state index contributed by atoms with van der Waals surface area (Å²) in [5.41, 5.74) is 4.33. The van der Waals surface area contributed by atoms with Gasteiger partial charge in [0.25, 0.3) is 0 Å². The van der Waals surface area contributed by atoms with Crippen LogP contribution >= 0.6 is 11.6 Å². The Morgan fingerprint density at radius 2 is 2.09 bits per heavy atom. The third-order valence-corrected chi connectivity index (χ3v) is 7.07. The van der Waals surface area contributed by atoms with Crippen LogP contribution in [0, 0.1) is 11.3 Å². The fourth-order valence-corrected chi connectivity index (χ4v) is 5.37. The molecule has 0 spiro atoms. The van der Waals surface area contributed by atoms with E-state index in [4.69, 9.17) is 11.6 Å². The lowest BCUT2D eigenvalue weighted by atomic mass is 9.79. The molecule has 7 nitrogen and oxygen atoms in total. The molecule has 2 aliphatic rings. The Kier molecular flexibility index (Phi) is 5.32. The predicted octanol–water partition coefficient (Wildman–Crippen LogP) is 4.83. The molecule has 0 unspecified atom stereocenters. The number of fused-ring (bicyclic) bond motifs is 1. The van der Waals surface area contributed by atoms with Gasteiger partial charge in [-0.2, -0.15) is 10.2 Å². The molecule has 0 saturated heterocycles. The molecule has 5 rings (SSSR count). The Hall–Kier alpha value is -2.67. The molecule has 8 heteroatoms. The van der Waals surface area contributed by atoms with E-state index in [-0.39, 0.29) is 17.2 Å². The van der Waals surface area contributed by atoms with Crippen LogP contribution in [0.25, 0.3) is 11.1 Å². The van der Waals surface area contributed by atoms with Crippen molar-refractivity contribution in [3.63, 3.8) is 0 Å². The smallest absolute Gasteiger partial charge is 0.228 e. The van der Waals surface area contributed by atoms with Crippen molar-refractivity contribution >= 4 is 23.3 Å². The van der Waals surface area contributed by atoms with E-state index < -0.39 is 0 Å². The second-order valence-electron chi connectivity index (χ2n) is 10.0. The normalized spacial score (nSPS) is 22.0. The van der Waals surface area contributed by atoms with Crippen LogP contribution < -0.4 is 5.32 Å². The first kappa shape index (κ1) is 21.2. The van der Waals surface area contributed by atoms with Crippen molar-refractivity contribution in [3.8, 4) is 11.1 Å². The molecular weight excluding hydrogens is 424 g/mol. The van der Waals surface area contributed by atoms with Gasteiger partial charge in [-0.1, -0.05) is 31.9 Å². The molecule has 0 aromatic carbocycles. The van der Waals surface area contributed by atoms with Crippen molar-refractivity contribution in [3.05, 3.63) is 47.1 Å². The van der Waals surface area contributed by atoms with Crippen LogP contribution in [0.4, 0.5) is 5.82 Å². The Morgan fingerprint density at radius 3 is 2.88 bits per heavy atom. The summed E-state index contributed by atoms with van der Waals surface area (Å²) in [6.07, 6.45) is 10.2. The van der Waals surface area contributed by atoms with Gasteiger partial charge in [-0.3, -0.25) is 14.2 Å². The summed E-state index contributed by atoms with van der Waals surface area (Å²) in [5.74, 6) is 0.838. The van der Waals surface area contributed by atoms with Crippen LogP contribution in [0.5, 0.6) is 0 Å². The SMILES string of the molecule is Cn1ccc([C@@H]2CCC[C@H](C(=O)Nc3cc(-c4cnn5c4CC(C)(C)C5)c(Cl)cn3)C2)n1. The van der Waals surface area contributed by atoms with Gasteiger partial charge >= 0.3 is 0 Å². The highest BCUT2D eigenvalue weighted by atomic mass is 35.5. The van der Waals surface area contributed by atoms with Gasteiger partial charge < -0.3 is 5.32 Å². The number of hydrogen-bond donors (Lipinski definition) is 1. The summed E-state index contributed by atoms with van der Waals surface area (Å²) in [4.78, 5) is 17.5. The number of pyridine rings is 1. The molecule has 1 saturated carbocycles. The first-order chi connectivity index (χ1) is 15.3. The van der Waals surface area contributed by atoms with Crippen molar-refractivity contribution in [1.29, 1.82) is 0 Å². The van der Waals surface area contributed by atoms with Gasteiger partial charge in [0.2, 0.25) is 5.91 Å². The van der Waals surface area contributed by atoms with E-state index >= 15 is 0 Å². The number of anilines is 1. The predicted molar refractivity (Wildman–Crippen MR) is 124 cm³/mol. The van der Waals surface area contributed by atoms with E-state index in [1.807, 2.05) is 30.2 Å². The van der Waals surface area contributed by atoms with E-state index in [1.165, 1.54) is 5.69 Å². The minimum Gasteiger partial charge on any atom is -0.310 e. The summed E-state index contributed by atoms with van der Waals surface area (Å²) in [7, 11) is 1.93. The average molecular weight is 453 g/mol. The maximum atomic E-state index is 13.1. The molecule has 3 aromatic rings. The molecular formula is C24H29ClN6O. The number of rotatable bonds is 4. The molecule has 168 valence electrons. The van der Waals surface area contributed by atoms with Crippen LogP contribution in [0.3, 0.4) is 0 Å². The summed E-state index contributed by atoms with van der Waals surface area (Å²) in [6.45, 7) is 5.38. The van der Waals surface area contributed by atoms with Gasteiger partial charge in [0.05, 0.1) is 16.9 Å². The van der Waals surface area contributed by atoms with Gasteiger partial charge in [-0.15, -0.1) is 0 Å². The van der Waals surface area contributed by atoms with E-state index in [9.17, 15) is 4.79 Å². The molecule has 0 radical (unpaired) electrons. The first-order valence-electron chi connectivity index (χ1n) is 11.3. The highest BCUT2D eigenvalue weighted by Gasteiger charge is 2.33. The van der Waals surface area contributed by atoms with Crippen LogP contribution in [0.15, 0.2) is 30.7 Å². The molecule has 1 amide bonds. The highest BCUT2D eigenvalue weighted by molar-refractivity contribution is 6.33. The zero-order chi connectivity index (χ0) is 22.5. The van der Waals surface area contributed by atoms with Gasteiger partial charge in [0.15, 0.2) is 0 Å². The van der Waals surface area contributed by atoms with Crippen LogP contribution in [0.2, 0.25) is 5.02 Å². The standard InChI is InChI=1S/C24H29ClN6O/c1-24(2)11-21-18(12-27-31(21)14-24)17-10-22(26-13-19(17)25)28-23(32)16-6-4-5-15(9-16)20-7-8-30(3)29-20/h7-8,10,12-13,15-16H,4-6,9,11,14H2,1-3H3,(H,26,28,32)/t15-,16+/m1/s1. The van der Waals surface area contributed by atoms with Crippen LogP contribution in [0.1, 0.15) is 56.8 Å². The van der Waals surface area contributed by atoms with Crippen LogP contribution in [-0.2, 0) is 24.8 Å². The number of carbonyl (C=O) groups is 1. The van der Waals surface area contributed by atoms with Gasteiger partial charge in [-0.05, 0) is 43.2 Å². The van der Waals surface area contributed by atoms with Crippen LogP contribution in [-0.4, -0.2) is 30.5 Å². The number of nitrogens with zero attached hydrogens (tertiary/aromatic N) is 5. The van der Waals surface area contributed by atoms with Crippen molar-refractivity contribution in [2.75, 3.05) is 5.32 Å². The number of halogens is 1. The quantitative estimate of drug-likeness (QED) is 0.615. The molecule has 2 atom stereocenters.